The van der Waals surface area contributed by atoms with Crippen LogP contribution >= 0.6 is 0 Å². The van der Waals surface area contributed by atoms with Gasteiger partial charge in [0, 0.05) is 30.9 Å². The predicted octanol–water partition coefficient (Wildman–Crippen LogP) is 4.78. The topological polar surface area (TPSA) is 36.4 Å². The van der Waals surface area contributed by atoms with Crippen LogP contribution in [0.4, 0.5) is 13.2 Å². The van der Waals surface area contributed by atoms with E-state index >= 15 is 0 Å². The molecule has 0 radical (unpaired) electrons. The van der Waals surface area contributed by atoms with Crippen molar-refractivity contribution in [1.82, 2.24) is 14.8 Å². The quantitative estimate of drug-likeness (QED) is 0.722. The van der Waals surface area contributed by atoms with Crippen molar-refractivity contribution in [2.45, 2.75) is 44.8 Å². The van der Waals surface area contributed by atoms with Crippen molar-refractivity contribution in [3.63, 3.8) is 0 Å². The summed E-state index contributed by atoms with van der Waals surface area (Å²) >= 11 is 0. The predicted molar refractivity (Wildman–Crippen MR) is 109 cm³/mol. The fourth-order valence-corrected chi connectivity index (χ4v) is 4.52. The van der Waals surface area contributed by atoms with Crippen molar-refractivity contribution >= 4 is 5.91 Å². The van der Waals surface area contributed by atoms with Crippen molar-refractivity contribution in [2.24, 2.45) is 0 Å². The molecule has 0 spiro atoms. The molecule has 0 saturated carbocycles. The summed E-state index contributed by atoms with van der Waals surface area (Å²) < 4.78 is 39.0. The number of hydrogen-bond donors (Lipinski definition) is 0. The van der Waals surface area contributed by atoms with Crippen LogP contribution in [0.5, 0.6) is 0 Å². The zero-order chi connectivity index (χ0) is 21.3. The number of benzene rings is 1. The van der Waals surface area contributed by atoms with Gasteiger partial charge in [0.2, 0.25) is 0 Å². The van der Waals surface area contributed by atoms with Crippen LogP contribution in [-0.2, 0) is 6.18 Å². The van der Waals surface area contributed by atoms with E-state index in [9.17, 15) is 18.0 Å². The molecule has 3 heterocycles. The van der Waals surface area contributed by atoms with E-state index in [2.05, 4.69) is 9.88 Å². The van der Waals surface area contributed by atoms with Crippen LogP contribution in [0, 0.1) is 6.92 Å². The zero-order valence-corrected chi connectivity index (χ0v) is 17.1. The smallest absolute Gasteiger partial charge is 0.337 e. The van der Waals surface area contributed by atoms with Crippen LogP contribution in [0.15, 0.2) is 36.5 Å². The van der Waals surface area contributed by atoms with Gasteiger partial charge in [-0.2, -0.15) is 13.2 Å². The van der Waals surface area contributed by atoms with Gasteiger partial charge in [0.15, 0.2) is 0 Å². The van der Waals surface area contributed by atoms with Gasteiger partial charge in [-0.15, -0.1) is 0 Å². The second-order valence-electron chi connectivity index (χ2n) is 8.23. The molecule has 0 unspecified atom stereocenters. The number of likely N-dealkylation sites (tertiary alicyclic amines) is 2. The Labute approximate surface area is 174 Å². The summed E-state index contributed by atoms with van der Waals surface area (Å²) in [6.45, 7) is 5.55. The fraction of sp³-hybridized carbons (Fsp3) is 0.478. The first-order valence-corrected chi connectivity index (χ1v) is 10.5. The molecular weight excluding hydrogens is 391 g/mol. The number of alkyl halides is 3. The lowest BCUT2D eigenvalue weighted by Crippen LogP contribution is -2.46. The normalized spacial score (nSPS) is 18.7. The molecule has 1 amide bonds. The molecule has 160 valence electrons. The molecule has 0 atom stereocenters. The molecule has 0 aliphatic carbocycles. The minimum absolute atomic E-state index is 0.0945. The number of carbonyl (C=O) groups excluding carboxylic acids is 1. The monoisotopic (exact) mass is 417 g/mol. The molecule has 0 bridgehead atoms. The number of piperidine rings is 1. The van der Waals surface area contributed by atoms with Gasteiger partial charge in [0.1, 0.15) is 5.69 Å². The minimum atomic E-state index is -4.39. The third-order valence-electron chi connectivity index (χ3n) is 6.21. The highest BCUT2D eigenvalue weighted by atomic mass is 19.4. The lowest BCUT2D eigenvalue weighted by Gasteiger charge is -2.36. The van der Waals surface area contributed by atoms with Crippen LogP contribution < -0.4 is 0 Å². The van der Waals surface area contributed by atoms with Gasteiger partial charge < -0.3 is 9.80 Å². The van der Waals surface area contributed by atoms with Crippen LogP contribution in [0.3, 0.4) is 0 Å². The minimum Gasteiger partial charge on any atom is -0.337 e. The molecule has 0 N–H and O–H groups in total. The van der Waals surface area contributed by atoms with E-state index in [1.807, 2.05) is 4.90 Å². The number of hydrogen-bond acceptors (Lipinski definition) is 3. The van der Waals surface area contributed by atoms with E-state index in [4.69, 9.17) is 0 Å². The van der Waals surface area contributed by atoms with Crippen LogP contribution in [0.1, 0.15) is 47.3 Å². The second-order valence-corrected chi connectivity index (χ2v) is 8.23. The summed E-state index contributed by atoms with van der Waals surface area (Å²) in [7, 11) is 0. The molecule has 4 rings (SSSR count). The first-order chi connectivity index (χ1) is 14.3. The summed E-state index contributed by atoms with van der Waals surface area (Å²) in [4.78, 5) is 21.7. The molecule has 2 fully saturated rings. The molecule has 7 heteroatoms. The molecule has 4 nitrogen and oxygen atoms in total. The van der Waals surface area contributed by atoms with Crippen molar-refractivity contribution < 1.29 is 18.0 Å². The Morgan fingerprint density at radius 1 is 1.03 bits per heavy atom. The van der Waals surface area contributed by atoms with Gasteiger partial charge in [-0.1, -0.05) is 12.1 Å². The Bertz CT molecular complexity index is 914. The standard InChI is InChI=1S/C23H26F3N3O/c1-16-13-18(17-5-4-6-19(14-17)23(24,25)26)15-27-21(16)22(30)29-11-7-20(8-12-29)28-9-2-3-10-28/h4-6,13-15,20H,2-3,7-12H2,1H3. The van der Waals surface area contributed by atoms with Crippen LogP contribution in [-0.4, -0.2) is 52.9 Å². The summed E-state index contributed by atoms with van der Waals surface area (Å²) in [5.74, 6) is -0.0945. The fourth-order valence-electron chi connectivity index (χ4n) is 4.52. The molecule has 2 aliphatic heterocycles. The number of aromatic nitrogens is 1. The van der Waals surface area contributed by atoms with E-state index in [1.165, 1.54) is 25.1 Å². The lowest BCUT2D eigenvalue weighted by molar-refractivity contribution is -0.137. The number of rotatable bonds is 3. The Morgan fingerprint density at radius 2 is 1.73 bits per heavy atom. The summed E-state index contributed by atoms with van der Waals surface area (Å²) in [5, 5.41) is 0. The van der Waals surface area contributed by atoms with Crippen molar-refractivity contribution in [2.75, 3.05) is 26.2 Å². The number of pyridine rings is 1. The van der Waals surface area contributed by atoms with Crippen LogP contribution in [0.2, 0.25) is 0 Å². The Balaban J connectivity index is 1.46. The number of nitrogens with zero attached hydrogens (tertiary/aromatic N) is 3. The third-order valence-corrected chi connectivity index (χ3v) is 6.21. The number of carbonyl (C=O) groups is 1. The number of halogens is 3. The molecule has 1 aromatic carbocycles. The highest BCUT2D eigenvalue weighted by Gasteiger charge is 2.31. The third kappa shape index (κ3) is 4.36. The van der Waals surface area contributed by atoms with E-state index in [-0.39, 0.29) is 5.91 Å². The van der Waals surface area contributed by atoms with Crippen LogP contribution in [0.25, 0.3) is 11.1 Å². The maximum absolute atomic E-state index is 13.0. The summed E-state index contributed by atoms with van der Waals surface area (Å²) in [6.07, 6.45) is 1.59. The molecular formula is C23H26F3N3O. The van der Waals surface area contributed by atoms with E-state index in [0.29, 0.717) is 28.4 Å². The Morgan fingerprint density at radius 3 is 2.37 bits per heavy atom. The zero-order valence-electron chi connectivity index (χ0n) is 17.1. The van der Waals surface area contributed by atoms with Gasteiger partial charge in [-0.3, -0.25) is 9.78 Å². The van der Waals surface area contributed by atoms with Gasteiger partial charge in [0.05, 0.1) is 5.56 Å². The molecule has 2 saturated heterocycles. The highest BCUT2D eigenvalue weighted by molar-refractivity contribution is 5.94. The van der Waals surface area contributed by atoms with Gasteiger partial charge in [-0.25, -0.2) is 0 Å². The molecule has 2 aliphatic rings. The van der Waals surface area contributed by atoms with E-state index in [1.54, 1.807) is 19.1 Å². The SMILES string of the molecule is Cc1cc(-c2cccc(C(F)(F)F)c2)cnc1C(=O)N1CCC(N2CCCC2)CC1. The maximum Gasteiger partial charge on any atom is 0.416 e. The first-order valence-electron chi connectivity index (χ1n) is 10.5. The Kier molecular flexibility index (Phi) is 5.82. The van der Waals surface area contributed by atoms with E-state index < -0.39 is 11.7 Å². The summed E-state index contributed by atoms with van der Waals surface area (Å²) in [5.41, 5.74) is 1.37. The highest BCUT2D eigenvalue weighted by Crippen LogP contribution is 2.32. The summed E-state index contributed by atoms with van der Waals surface area (Å²) in [6, 6.07) is 7.48. The number of amides is 1. The van der Waals surface area contributed by atoms with Gasteiger partial charge in [0.25, 0.3) is 5.91 Å². The van der Waals surface area contributed by atoms with Crippen molar-refractivity contribution in [1.29, 1.82) is 0 Å². The van der Waals surface area contributed by atoms with Crippen molar-refractivity contribution in [3.05, 3.63) is 53.3 Å². The first kappa shape index (κ1) is 20.8. The molecule has 1 aromatic heterocycles. The molecule has 2 aromatic rings. The van der Waals surface area contributed by atoms with Crippen molar-refractivity contribution in [3.8, 4) is 11.1 Å². The Hall–Kier alpha value is -2.41. The van der Waals surface area contributed by atoms with E-state index in [0.717, 1.165) is 51.2 Å². The maximum atomic E-state index is 13.0. The average molecular weight is 417 g/mol. The number of aryl methyl sites for hydroxylation is 1. The van der Waals surface area contributed by atoms with Gasteiger partial charge >= 0.3 is 6.18 Å². The largest absolute Gasteiger partial charge is 0.416 e. The van der Waals surface area contributed by atoms with Gasteiger partial charge in [-0.05, 0) is 75.0 Å². The average Bonchev–Trinajstić information content (AvgIpc) is 3.28. The molecule has 30 heavy (non-hydrogen) atoms. The lowest BCUT2D eigenvalue weighted by atomic mass is 10.0. The second kappa shape index (κ2) is 8.38.